The molecule has 3 aromatic rings. The zero-order valence-corrected chi connectivity index (χ0v) is 20.5. The van der Waals surface area contributed by atoms with Gasteiger partial charge in [0.05, 0.1) is 6.26 Å². The Morgan fingerprint density at radius 2 is 1.94 bits per heavy atom. The first-order chi connectivity index (χ1) is 15.2. The number of halogens is 2. The van der Waals surface area contributed by atoms with E-state index in [9.17, 15) is 4.39 Å². The molecule has 0 unspecified atom stereocenters. The lowest BCUT2D eigenvalue weighted by Crippen LogP contribution is -2.53. The minimum Gasteiger partial charge on any atom is -0.467 e. The van der Waals surface area contributed by atoms with Gasteiger partial charge in [0, 0.05) is 51.4 Å². The summed E-state index contributed by atoms with van der Waals surface area (Å²) in [4.78, 5) is 9.32. The van der Waals surface area contributed by atoms with E-state index < -0.39 is 0 Å². The molecule has 0 radical (unpaired) electrons. The number of aromatic nitrogens is 3. The first kappa shape index (κ1) is 24.0. The molecule has 1 aromatic carbocycles. The Morgan fingerprint density at radius 1 is 1.16 bits per heavy atom. The van der Waals surface area contributed by atoms with Gasteiger partial charge in [-0.05, 0) is 36.4 Å². The average Bonchev–Trinajstić information content (AvgIpc) is 3.48. The van der Waals surface area contributed by atoms with Crippen LogP contribution in [0, 0.1) is 5.82 Å². The smallest absolute Gasteiger partial charge is 0.194 e. The Kier molecular flexibility index (Phi) is 8.89. The summed E-state index contributed by atoms with van der Waals surface area (Å²) in [6.07, 6.45) is 4.28. The van der Waals surface area contributed by atoms with Crippen molar-refractivity contribution in [1.29, 1.82) is 0 Å². The number of hydrogen-bond donors (Lipinski definition) is 1. The van der Waals surface area contributed by atoms with Crippen LogP contribution < -0.4 is 10.2 Å². The molecule has 0 spiro atoms. The lowest BCUT2D eigenvalue weighted by molar-refractivity contribution is 0.369. The van der Waals surface area contributed by atoms with Crippen LogP contribution in [0.2, 0.25) is 0 Å². The maximum Gasteiger partial charge on any atom is 0.194 e. The van der Waals surface area contributed by atoms with Gasteiger partial charge in [0.25, 0.3) is 0 Å². The van der Waals surface area contributed by atoms with E-state index >= 15 is 0 Å². The summed E-state index contributed by atoms with van der Waals surface area (Å²) in [6.45, 7) is 7.40. The minimum absolute atomic E-state index is 0. The summed E-state index contributed by atoms with van der Waals surface area (Å²) in [7, 11) is 0. The van der Waals surface area contributed by atoms with Crippen molar-refractivity contribution in [2.75, 3.05) is 37.6 Å². The Balaban J connectivity index is 0.00000289. The van der Waals surface area contributed by atoms with Crippen molar-refractivity contribution >= 4 is 35.6 Å². The van der Waals surface area contributed by atoms with E-state index in [1.807, 2.05) is 24.3 Å². The number of benzene rings is 1. The van der Waals surface area contributed by atoms with Crippen LogP contribution in [-0.4, -0.2) is 58.3 Å². The molecule has 0 amide bonds. The van der Waals surface area contributed by atoms with Gasteiger partial charge in [0.1, 0.15) is 30.3 Å². The molecule has 1 aliphatic rings. The Hall–Kier alpha value is -2.63. The predicted molar refractivity (Wildman–Crippen MR) is 133 cm³/mol. The molecule has 3 heterocycles. The number of anilines is 1. The molecule has 32 heavy (non-hydrogen) atoms. The van der Waals surface area contributed by atoms with Crippen molar-refractivity contribution in [3.63, 3.8) is 0 Å². The van der Waals surface area contributed by atoms with Gasteiger partial charge in [-0.1, -0.05) is 6.92 Å². The second kappa shape index (κ2) is 11.8. The van der Waals surface area contributed by atoms with E-state index in [4.69, 9.17) is 9.41 Å². The van der Waals surface area contributed by atoms with E-state index in [1.54, 1.807) is 12.6 Å². The van der Waals surface area contributed by atoms with Gasteiger partial charge in [-0.3, -0.25) is 0 Å². The van der Waals surface area contributed by atoms with Crippen molar-refractivity contribution in [1.82, 2.24) is 25.0 Å². The summed E-state index contributed by atoms with van der Waals surface area (Å²) in [5, 5.41) is 11.6. The summed E-state index contributed by atoms with van der Waals surface area (Å²) < 4.78 is 20.7. The van der Waals surface area contributed by atoms with Crippen molar-refractivity contribution in [2.45, 2.75) is 26.4 Å². The molecule has 8 nitrogen and oxygen atoms in total. The molecule has 0 atom stereocenters. The number of furan rings is 1. The molecule has 1 aliphatic heterocycles. The molecular formula is C22H29FIN7O. The summed E-state index contributed by atoms with van der Waals surface area (Å²) in [5.74, 6) is 2.46. The summed E-state index contributed by atoms with van der Waals surface area (Å²) in [6, 6.07) is 10.5. The molecule has 1 saturated heterocycles. The maximum atomic E-state index is 13.2. The third-order valence-corrected chi connectivity index (χ3v) is 5.38. The number of aliphatic imine (C=N–C) groups is 1. The Labute approximate surface area is 204 Å². The van der Waals surface area contributed by atoms with Crippen LogP contribution in [-0.2, 0) is 19.5 Å². The molecule has 0 bridgehead atoms. The van der Waals surface area contributed by atoms with Crippen molar-refractivity contribution in [3.05, 3.63) is 66.4 Å². The number of guanidine groups is 1. The number of nitrogens with one attached hydrogen (secondary N) is 1. The largest absolute Gasteiger partial charge is 0.467 e. The molecule has 0 aliphatic carbocycles. The maximum absolute atomic E-state index is 13.2. The zero-order valence-electron chi connectivity index (χ0n) is 18.2. The number of nitrogens with zero attached hydrogens (tertiary/aromatic N) is 6. The number of aryl methyl sites for hydroxylation is 1. The van der Waals surface area contributed by atoms with Crippen LogP contribution in [0.3, 0.4) is 0 Å². The number of piperazine rings is 1. The van der Waals surface area contributed by atoms with Gasteiger partial charge < -0.3 is 24.1 Å². The van der Waals surface area contributed by atoms with E-state index in [-0.39, 0.29) is 29.8 Å². The molecule has 4 rings (SSSR count). The monoisotopic (exact) mass is 553 g/mol. The zero-order chi connectivity index (χ0) is 21.5. The lowest BCUT2D eigenvalue weighted by atomic mass is 10.2. The fourth-order valence-electron chi connectivity index (χ4n) is 3.68. The van der Waals surface area contributed by atoms with Crippen molar-refractivity contribution in [3.8, 4) is 0 Å². The summed E-state index contributed by atoms with van der Waals surface area (Å²) in [5.41, 5.74) is 1.04. The SMILES string of the molecule is CCc1nncn1CCNC(=NCc1ccco1)N1CCN(c2ccc(F)cc2)CC1.I. The quantitative estimate of drug-likeness (QED) is 0.276. The second-order valence-corrected chi connectivity index (χ2v) is 7.39. The van der Waals surface area contributed by atoms with Crippen molar-refractivity contribution in [2.24, 2.45) is 4.99 Å². The molecule has 0 saturated carbocycles. The highest BCUT2D eigenvalue weighted by Crippen LogP contribution is 2.17. The molecule has 172 valence electrons. The summed E-state index contributed by atoms with van der Waals surface area (Å²) >= 11 is 0. The van der Waals surface area contributed by atoms with E-state index in [0.717, 1.165) is 68.9 Å². The first-order valence-electron chi connectivity index (χ1n) is 10.7. The Morgan fingerprint density at radius 3 is 2.62 bits per heavy atom. The normalized spacial score (nSPS) is 14.4. The van der Waals surface area contributed by atoms with Crippen LogP contribution in [0.15, 0.2) is 58.4 Å². The average molecular weight is 553 g/mol. The van der Waals surface area contributed by atoms with Gasteiger partial charge in [0.15, 0.2) is 5.96 Å². The van der Waals surface area contributed by atoms with Crippen LogP contribution in [0.25, 0.3) is 0 Å². The Bertz CT molecular complexity index is 967. The highest BCUT2D eigenvalue weighted by Gasteiger charge is 2.20. The van der Waals surface area contributed by atoms with Gasteiger partial charge >= 0.3 is 0 Å². The van der Waals surface area contributed by atoms with E-state index in [2.05, 4.69) is 36.8 Å². The molecule has 1 N–H and O–H groups in total. The minimum atomic E-state index is -0.210. The van der Waals surface area contributed by atoms with Gasteiger partial charge in [-0.15, -0.1) is 34.2 Å². The van der Waals surface area contributed by atoms with E-state index in [1.165, 1.54) is 12.1 Å². The standard InChI is InChI=1S/C22H28FN7O.HI/c1-2-21-27-26-17-30(21)10-9-24-22(25-16-20-4-3-15-31-20)29-13-11-28(12-14-29)19-7-5-18(23)6-8-19;/h3-8,15,17H,2,9-14,16H2,1H3,(H,24,25);1H. The van der Waals surface area contributed by atoms with Crippen LogP contribution in [0.4, 0.5) is 10.1 Å². The van der Waals surface area contributed by atoms with Gasteiger partial charge in [-0.25, -0.2) is 9.38 Å². The fraction of sp³-hybridized carbons (Fsp3) is 0.409. The van der Waals surface area contributed by atoms with Gasteiger partial charge in [0.2, 0.25) is 0 Å². The van der Waals surface area contributed by atoms with Crippen LogP contribution in [0.5, 0.6) is 0 Å². The highest BCUT2D eigenvalue weighted by atomic mass is 127. The van der Waals surface area contributed by atoms with Crippen LogP contribution >= 0.6 is 24.0 Å². The van der Waals surface area contributed by atoms with E-state index in [0.29, 0.717) is 6.54 Å². The third-order valence-electron chi connectivity index (χ3n) is 5.38. The topological polar surface area (TPSA) is 74.7 Å². The second-order valence-electron chi connectivity index (χ2n) is 7.39. The number of hydrogen-bond acceptors (Lipinski definition) is 5. The molecule has 2 aromatic heterocycles. The first-order valence-corrected chi connectivity index (χ1v) is 10.7. The lowest BCUT2D eigenvalue weighted by Gasteiger charge is -2.37. The van der Waals surface area contributed by atoms with Crippen molar-refractivity contribution < 1.29 is 8.81 Å². The molecule has 10 heteroatoms. The van der Waals surface area contributed by atoms with Crippen LogP contribution in [0.1, 0.15) is 18.5 Å². The fourth-order valence-corrected chi connectivity index (χ4v) is 3.68. The third kappa shape index (κ3) is 6.21. The molecule has 1 fully saturated rings. The predicted octanol–water partition coefficient (Wildman–Crippen LogP) is 3.16. The highest BCUT2D eigenvalue weighted by molar-refractivity contribution is 14.0. The van der Waals surface area contributed by atoms with Gasteiger partial charge in [-0.2, -0.15) is 0 Å². The number of rotatable bonds is 7. The molecular weight excluding hydrogens is 524 g/mol.